The Hall–Kier alpha value is -0.470. The molecule has 2 aliphatic heterocycles. The van der Waals surface area contributed by atoms with Gasteiger partial charge in [-0.2, -0.15) is 0 Å². The summed E-state index contributed by atoms with van der Waals surface area (Å²) in [7, 11) is -3.08. The minimum Gasteiger partial charge on any atom is -0.376 e. The highest BCUT2D eigenvalue weighted by molar-refractivity contribution is 7.90. The van der Waals surface area contributed by atoms with Gasteiger partial charge in [-0.05, 0) is 31.9 Å². The number of thiophene rings is 1. The standard InChI is InChI=1S/C16H24N2O3S2/c1-11-2-3-13(22-11)7-18-8-15-12(10-21-16(15)9-18)6-17-23(19,20)14-4-5-14/h2-3,12,14-17H,4-10H2,1H3/t12-,15+,16+/m0/s1. The summed E-state index contributed by atoms with van der Waals surface area (Å²) < 4.78 is 32.7. The molecule has 1 aliphatic carbocycles. The Balaban J connectivity index is 1.32. The van der Waals surface area contributed by atoms with E-state index in [0.717, 1.165) is 32.5 Å². The maximum Gasteiger partial charge on any atom is 0.214 e. The van der Waals surface area contributed by atoms with Crippen LogP contribution in [-0.2, 0) is 21.3 Å². The Morgan fingerprint density at radius 1 is 1.35 bits per heavy atom. The molecule has 3 fully saturated rings. The van der Waals surface area contributed by atoms with Gasteiger partial charge in [-0.3, -0.25) is 4.90 Å². The predicted octanol–water partition coefficient (Wildman–Crippen LogP) is 1.59. The molecular formula is C16H24N2O3S2. The van der Waals surface area contributed by atoms with Gasteiger partial charge in [-0.1, -0.05) is 0 Å². The van der Waals surface area contributed by atoms with E-state index in [2.05, 4.69) is 28.7 Å². The molecule has 4 rings (SSSR count). The third-order valence-electron chi connectivity index (χ3n) is 5.20. The van der Waals surface area contributed by atoms with Crippen LogP contribution in [0.2, 0.25) is 0 Å². The van der Waals surface area contributed by atoms with Crippen molar-refractivity contribution in [3.8, 4) is 0 Å². The molecule has 128 valence electrons. The van der Waals surface area contributed by atoms with Gasteiger partial charge < -0.3 is 4.74 Å². The summed E-state index contributed by atoms with van der Waals surface area (Å²) >= 11 is 1.85. The van der Waals surface area contributed by atoms with Crippen LogP contribution in [0.5, 0.6) is 0 Å². The molecule has 1 N–H and O–H groups in total. The van der Waals surface area contributed by atoms with Crippen molar-refractivity contribution in [1.82, 2.24) is 9.62 Å². The average Bonchev–Trinajstić information content (AvgIpc) is 3.05. The molecule has 1 aromatic heterocycles. The monoisotopic (exact) mass is 356 g/mol. The fourth-order valence-corrected chi connectivity index (χ4v) is 6.10. The summed E-state index contributed by atoms with van der Waals surface area (Å²) in [6.45, 7) is 6.32. The zero-order chi connectivity index (χ0) is 16.0. The number of fused-ring (bicyclic) bond motifs is 1. The third-order valence-corrected chi connectivity index (χ3v) is 8.10. The van der Waals surface area contributed by atoms with Crippen molar-refractivity contribution in [2.75, 3.05) is 26.2 Å². The lowest BCUT2D eigenvalue weighted by molar-refractivity contribution is 0.0944. The van der Waals surface area contributed by atoms with Crippen LogP contribution in [-0.4, -0.2) is 50.9 Å². The van der Waals surface area contributed by atoms with E-state index in [-0.39, 0.29) is 11.4 Å². The van der Waals surface area contributed by atoms with Crippen LogP contribution in [0.3, 0.4) is 0 Å². The van der Waals surface area contributed by atoms with Gasteiger partial charge in [0.1, 0.15) is 0 Å². The SMILES string of the molecule is Cc1ccc(CN2C[C@@H]3[C@@H](CNS(=O)(=O)C4CC4)CO[C@@H]3C2)s1. The smallest absolute Gasteiger partial charge is 0.214 e. The highest BCUT2D eigenvalue weighted by atomic mass is 32.2. The van der Waals surface area contributed by atoms with E-state index in [9.17, 15) is 8.42 Å². The second-order valence-corrected chi connectivity index (χ2v) is 10.5. The van der Waals surface area contributed by atoms with Crippen LogP contribution in [0.15, 0.2) is 12.1 Å². The zero-order valence-corrected chi connectivity index (χ0v) is 15.0. The second-order valence-electron chi connectivity index (χ2n) is 7.09. The van der Waals surface area contributed by atoms with Gasteiger partial charge in [0.25, 0.3) is 0 Å². The lowest BCUT2D eigenvalue weighted by Gasteiger charge is -2.19. The second kappa shape index (κ2) is 6.11. The highest BCUT2D eigenvalue weighted by Crippen LogP contribution is 2.35. The van der Waals surface area contributed by atoms with Crippen LogP contribution in [0.4, 0.5) is 0 Å². The molecule has 3 aliphatic rings. The lowest BCUT2D eigenvalue weighted by atomic mass is 9.93. The fraction of sp³-hybridized carbons (Fsp3) is 0.750. The summed E-state index contributed by atoms with van der Waals surface area (Å²) in [5, 5.41) is -0.136. The van der Waals surface area contributed by atoms with Gasteiger partial charge in [0, 0.05) is 47.8 Å². The first-order chi connectivity index (χ1) is 11.0. The molecule has 0 amide bonds. The first-order valence-electron chi connectivity index (χ1n) is 8.39. The quantitative estimate of drug-likeness (QED) is 0.841. The van der Waals surface area contributed by atoms with Crippen LogP contribution in [0.25, 0.3) is 0 Å². The topological polar surface area (TPSA) is 58.6 Å². The van der Waals surface area contributed by atoms with Gasteiger partial charge in [0.15, 0.2) is 0 Å². The molecular weight excluding hydrogens is 332 g/mol. The number of nitrogens with one attached hydrogen (secondary N) is 1. The van der Waals surface area contributed by atoms with Crippen molar-refractivity contribution >= 4 is 21.4 Å². The molecule has 23 heavy (non-hydrogen) atoms. The molecule has 3 heterocycles. The molecule has 5 nitrogen and oxygen atoms in total. The van der Waals surface area contributed by atoms with Gasteiger partial charge in [0.05, 0.1) is 18.0 Å². The van der Waals surface area contributed by atoms with Crippen molar-refractivity contribution < 1.29 is 13.2 Å². The number of likely N-dealkylation sites (tertiary alicyclic amines) is 1. The third kappa shape index (κ3) is 3.49. The fourth-order valence-electron chi connectivity index (χ4n) is 3.73. The summed E-state index contributed by atoms with van der Waals surface area (Å²) in [4.78, 5) is 5.19. The van der Waals surface area contributed by atoms with Crippen LogP contribution >= 0.6 is 11.3 Å². The van der Waals surface area contributed by atoms with E-state index in [1.807, 2.05) is 11.3 Å². The van der Waals surface area contributed by atoms with E-state index in [4.69, 9.17) is 4.74 Å². The molecule has 0 unspecified atom stereocenters. The Morgan fingerprint density at radius 2 is 2.17 bits per heavy atom. The number of hydrogen-bond donors (Lipinski definition) is 1. The van der Waals surface area contributed by atoms with Crippen molar-refractivity contribution in [1.29, 1.82) is 0 Å². The van der Waals surface area contributed by atoms with Gasteiger partial charge >= 0.3 is 0 Å². The van der Waals surface area contributed by atoms with Crippen molar-refractivity contribution in [3.05, 3.63) is 21.9 Å². The first kappa shape index (κ1) is 16.0. The van der Waals surface area contributed by atoms with Crippen LogP contribution in [0, 0.1) is 18.8 Å². The van der Waals surface area contributed by atoms with Crippen molar-refractivity contribution in [3.63, 3.8) is 0 Å². The number of rotatable bonds is 6. The molecule has 2 saturated heterocycles. The highest BCUT2D eigenvalue weighted by Gasteiger charge is 2.44. The normalized spacial score (nSPS) is 31.6. The molecule has 0 radical (unpaired) electrons. The molecule has 0 aromatic carbocycles. The lowest BCUT2D eigenvalue weighted by Crippen LogP contribution is -2.35. The maximum atomic E-state index is 12.0. The Kier molecular flexibility index (Phi) is 4.26. The van der Waals surface area contributed by atoms with E-state index in [1.54, 1.807) is 0 Å². The Morgan fingerprint density at radius 3 is 2.87 bits per heavy atom. The molecule has 1 aromatic rings. The number of nitrogens with zero attached hydrogens (tertiary/aromatic N) is 1. The number of sulfonamides is 1. The minimum absolute atomic E-state index is 0.136. The summed E-state index contributed by atoms with van der Waals surface area (Å²) in [5.41, 5.74) is 0. The molecule has 3 atom stereocenters. The molecule has 0 bridgehead atoms. The van der Waals surface area contributed by atoms with E-state index < -0.39 is 10.0 Å². The molecule has 0 spiro atoms. The largest absolute Gasteiger partial charge is 0.376 e. The van der Waals surface area contributed by atoms with Gasteiger partial charge in [0.2, 0.25) is 10.0 Å². The molecule has 1 saturated carbocycles. The van der Waals surface area contributed by atoms with Gasteiger partial charge in [-0.15, -0.1) is 11.3 Å². The summed E-state index contributed by atoms with van der Waals surface area (Å²) in [6.07, 6.45) is 1.90. The Labute approximate surface area is 142 Å². The van der Waals surface area contributed by atoms with Crippen molar-refractivity contribution in [2.45, 2.75) is 37.7 Å². The van der Waals surface area contributed by atoms with Crippen molar-refractivity contribution in [2.24, 2.45) is 11.8 Å². The summed E-state index contributed by atoms with van der Waals surface area (Å²) in [6, 6.07) is 4.37. The van der Waals surface area contributed by atoms with E-state index in [1.165, 1.54) is 9.75 Å². The van der Waals surface area contributed by atoms with Crippen LogP contribution in [0.1, 0.15) is 22.6 Å². The maximum absolute atomic E-state index is 12.0. The minimum atomic E-state index is -3.08. The average molecular weight is 357 g/mol. The molecule has 7 heteroatoms. The van der Waals surface area contributed by atoms with Crippen LogP contribution < -0.4 is 4.72 Å². The number of aryl methyl sites for hydroxylation is 1. The zero-order valence-electron chi connectivity index (χ0n) is 13.4. The summed E-state index contributed by atoms with van der Waals surface area (Å²) in [5.74, 6) is 0.765. The predicted molar refractivity (Wildman–Crippen MR) is 91.0 cm³/mol. The number of ether oxygens (including phenoxy) is 1. The van der Waals surface area contributed by atoms with Gasteiger partial charge in [-0.25, -0.2) is 13.1 Å². The van der Waals surface area contributed by atoms with E-state index in [0.29, 0.717) is 25.0 Å². The number of hydrogen-bond acceptors (Lipinski definition) is 5. The first-order valence-corrected chi connectivity index (χ1v) is 10.8. The van der Waals surface area contributed by atoms with E-state index >= 15 is 0 Å². The Bertz CT molecular complexity index is 669.